The lowest BCUT2D eigenvalue weighted by Crippen LogP contribution is -2.43. The Bertz CT molecular complexity index is 622. The number of hydrogen-bond donors (Lipinski definition) is 2. The van der Waals surface area contributed by atoms with E-state index >= 15 is 0 Å². The second kappa shape index (κ2) is 12.8. The van der Waals surface area contributed by atoms with Crippen molar-refractivity contribution in [2.24, 2.45) is 0 Å². The molecule has 28 heavy (non-hydrogen) atoms. The minimum Gasteiger partial charge on any atom is -0.480 e. The topological polar surface area (TPSA) is 66.8 Å². The summed E-state index contributed by atoms with van der Waals surface area (Å²) in [6, 6.07) is 7.64. The van der Waals surface area contributed by atoms with E-state index in [1.807, 2.05) is 24.3 Å². The fourth-order valence-electron chi connectivity index (χ4n) is 3.63. The Labute approximate surface area is 173 Å². The van der Waals surface area contributed by atoms with E-state index < -0.39 is 12.1 Å². The molecule has 0 aliphatic carbocycles. The molecule has 156 valence electrons. The first-order chi connectivity index (χ1) is 13.6. The van der Waals surface area contributed by atoms with Gasteiger partial charge in [0.1, 0.15) is 6.54 Å². The summed E-state index contributed by atoms with van der Waals surface area (Å²) >= 11 is 4.23. The van der Waals surface area contributed by atoms with Crippen molar-refractivity contribution in [3.05, 3.63) is 35.4 Å². The lowest BCUT2D eigenvalue weighted by atomic mass is 9.96. The average Bonchev–Trinajstić information content (AvgIpc) is 2.68. The molecule has 0 radical (unpaired) electrons. The Balaban J connectivity index is 1.70. The highest BCUT2D eigenvalue weighted by Gasteiger charge is 2.34. The Kier molecular flexibility index (Phi) is 10.4. The number of unbranched alkanes of at least 4 members (excludes halogenated alkanes) is 8. The molecule has 2 rings (SSSR count). The Morgan fingerprint density at radius 2 is 1.64 bits per heavy atom. The quantitative estimate of drug-likeness (QED) is 0.349. The average molecular weight is 408 g/mol. The zero-order chi connectivity index (χ0) is 20.2. The van der Waals surface area contributed by atoms with Crippen LogP contribution < -0.4 is 0 Å². The van der Waals surface area contributed by atoms with Crippen molar-refractivity contribution in [3.63, 3.8) is 0 Å². The van der Waals surface area contributed by atoms with Crippen molar-refractivity contribution in [2.45, 2.75) is 70.4 Å². The first-order valence-corrected chi connectivity index (χ1v) is 11.1. The molecule has 0 aromatic heterocycles. The zero-order valence-corrected chi connectivity index (χ0v) is 17.5. The third kappa shape index (κ3) is 7.47. The van der Waals surface area contributed by atoms with Crippen LogP contribution in [-0.4, -0.2) is 40.8 Å². The van der Waals surface area contributed by atoms with Crippen LogP contribution in [0, 0.1) is 0 Å². The fraction of sp³-hybridized carbons (Fsp3) is 0.636. The molecule has 6 heteroatoms. The molecule has 1 aromatic rings. The van der Waals surface area contributed by atoms with E-state index in [4.69, 9.17) is 9.84 Å². The maximum Gasteiger partial charge on any atom is 0.323 e. The Morgan fingerprint density at radius 1 is 1.04 bits per heavy atom. The molecule has 0 saturated heterocycles. The van der Waals surface area contributed by atoms with Crippen LogP contribution in [0.4, 0.5) is 0 Å². The van der Waals surface area contributed by atoms with E-state index in [1.165, 1.54) is 49.8 Å². The summed E-state index contributed by atoms with van der Waals surface area (Å²) in [7, 11) is 0. The lowest BCUT2D eigenvalue weighted by molar-refractivity contribution is -0.153. The van der Waals surface area contributed by atoms with E-state index in [1.54, 1.807) is 0 Å². The van der Waals surface area contributed by atoms with Crippen LogP contribution in [0.2, 0.25) is 0 Å². The number of hydrogen-bond acceptors (Lipinski definition) is 4. The highest BCUT2D eigenvalue weighted by Crippen LogP contribution is 2.30. The number of thiol groups is 1. The molecule has 1 unspecified atom stereocenters. The largest absolute Gasteiger partial charge is 0.480 e. The van der Waals surface area contributed by atoms with Gasteiger partial charge in [0, 0.05) is 13.2 Å². The highest BCUT2D eigenvalue weighted by molar-refractivity contribution is 7.80. The summed E-state index contributed by atoms with van der Waals surface area (Å²) in [6.45, 7) is 0.559. The van der Waals surface area contributed by atoms with Crippen LogP contribution in [0.5, 0.6) is 0 Å². The number of carbonyl (C=O) groups excluding carboxylic acids is 1. The summed E-state index contributed by atoms with van der Waals surface area (Å²) in [5, 5.41) is 9.06. The minimum absolute atomic E-state index is 0.248. The Morgan fingerprint density at radius 3 is 2.29 bits per heavy atom. The summed E-state index contributed by atoms with van der Waals surface area (Å²) < 4.78 is 5.91. The van der Waals surface area contributed by atoms with Crippen molar-refractivity contribution < 1.29 is 19.4 Å². The van der Waals surface area contributed by atoms with Crippen LogP contribution in [-0.2, 0) is 20.9 Å². The number of aliphatic carboxylic acids is 1. The summed E-state index contributed by atoms with van der Waals surface area (Å²) in [5.74, 6) is -0.262. The van der Waals surface area contributed by atoms with Gasteiger partial charge in [-0.1, -0.05) is 69.2 Å². The molecule has 1 aliphatic rings. The number of benzene rings is 1. The first kappa shape index (κ1) is 22.8. The first-order valence-electron chi connectivity index (χ1n) is 10.4. The van der Waals surface area contributed by atoms with E-state index in [-0.39, 0.29) is 12.5 Å². The summed E-state index contributed by atoms with van der Waals surface area (Å²) in [6.07, 6.45) is 10.2. The van der Waals surface area contributed by atoms with Crippen LogP contribution in [0.3, 0.4) is 0 Å². The van der Waals surface area contributed by atoms with Gasteiger partial charge >= 0.3 is 5.97 Å². The van der Waals surface area contributed by atoms with Crippen molar-refractivity contribution in [1.82, 2.24) is 4.90 Å². The SMILES string of the molecule is O=C(O)CN1Cc2ccccc2C(OCCCCCCCCCCCS)C1=O. The number of nitrogens with zero attached hydrogens (tertiary/aromatic N) is 1. The fourth-order valence-corrected chi connectivity index (χ4v) is 3.85. The normalized spacial score (nSPS) is 16.2. The highest BCUT2D eigenvalue weighted by atomic mass is 32.1. The number of ether oxygens (including phenoxy) is 1. The molecule has 5 nitrogen and oxygen atoms in total. The third-order valence-corrected chi connectivity index (χ3v) is 5.46. The van der Waals surface area contributed by atoms with Gasteiger partial charge in [0.05, 0.1) is 0 Å². The third-order valence-electron chi connectivity index (χ3n) is 5.15. The van der Waals surface area contributed by atoms with E-state index in [0.29, 0.717) is 13.2 Å². The maximum absolute atomic E-state index is 12.7. The van der Waals surface area contributed by atoms with Gasteiger partial charge in [-0.05, 0) is 29.7 Å². The van der Waals surface area contributed by atoms with Gasteiger partial charge in [-0.15, -0.1) is 0 Å². The van der Waals surface area contributed by atoms with Gasteiger partial charge in [0.2, 0.25) is 0 Å². The minimum atomic E-state index is -1.00. The second-order valence-electron chi connectivity index (χ2n) is 7.44. The van der Waals surface area contributed by atoms with Crippen LogP contribution in [0.1, 0.15) is 75.0 Å². The molecule has 1 heterocycles. The standard InChI is InChI=1S/C22H33NO4S/c24-20(25)17-23-16-18-12-8-9-13-19(18)21(22(23)26)27-14-10-6-4-2-1-3-5-7-11-15-28/h8-9,12-13,21,28H,1-7,10-11,14-17H2,(H,24,25). The number of fused-ring (bicyclic) bond motifs is 1. The van der Waals surface area contributed by atoms with Gasteiger partial charge in [0.15, 0.2) is 6.10 Å². The Hall–Kier alpha value is -1.53. The predicted molar refractivity (Wildman–Crippen MR) is 114 cm³/mol. The lowest BCUT2D eigenvalue weighted by Gasteiger charge is -2.33. The summed E-state index contributed by atoms with van der Waals surface area (Å²) in [4.78, 5) is 25.1. The zero-order valence-electron chi connectivity index (χ0n) is 16.6. The monoisotopic (exact) mass is 407 g/mol. The molecule has 1 N–H and O–H groups in total. The molecule has 1 atom stereocenters. The molecule has 1 aliphatic heterocycles. The van der Waals surface area contributed by atoms with E-state index in [9.17, 15) is 9.59 Å². The molecule has 0 fully saturated rings. The maximum atomic E-state index is 12.7. The number of rotatable bonds is 14. The van der Waals surface area contributed by atoms with Gasteiger partial charge in [-0.2, -0.15) is 12.6 Å². The molecule has 1 aromatic carbocycles. The van der Waals surface area contributed by atoms with Crippen molar-refractivity contribution in [1.29, 1.82) is 0 Å². The molecule has 0 bridgehead atoms. The van der Waals surface area contributed by atoms with Gasteiger partial charge in [-0.3, -0.25) is 9.59 Å². The van der Waals surface area contributed by atoms with Crippen molar-refractivity contribution in [2.75, 3.05) is 18.9 Å². The van der Waals surface area contributed by atoms with Crippen LogP contribution in [0.15, 0.2) is 24.3 Å². The molecule has 0 saturated carbocycles. The van der Waals surface area contributed by atoms with Gasteiger partial charge in [-0.25, -0.2) is 0 Å². The van der Waals surface area contributed by atoms with Crippen molar-refractivity contribution in [3.8, 4) is 0 Å². The number of carboxylic acid groups (broad SMARTS) is 1. The van der Waals surface area contributed by atoms with Gasteiger partial charge in [0.25, 0.3) is 5.91 Å². The van der Waals surface area contributed by atoms with Crippen LogP contribution in [0.25, 0.3) is 0 Å². The second-order valence-corrected chi connectivity index (χ2v) is 7.89. The molecule has 0 spiro atoms. The number of amides is 1. The molecular weight excluding hydrogens is 374 g/mol. The predicted octanol–water partition coefficient (Wildman–Crippen LogP) is 4.61. The van der Waals surface area contributed by atoms with E-state index in [0.717, 1.165) is 29.7 Å². The van der Waals surface area contributed by atoms with Gasteiger partial charge < -0.3 is 14.7 Å². The van der Waals surface area contributed by atoms with Crippen molar-refractivity contribution >= 4 is 24.5 Å². The van der Waals surface area contributed by atoms with E-state index in [2.05, 4.69) is 12.6 Å². The molecular formula is C22H33NO4S. The van der Waals surface area contributed by atoms with Crippen LogP contribution >= 0.6 is 12.6 Å². The number of carboxylic acids is 1. The smallest absolute Gasteiger partial charge is 0.323 e. The number of carbonyl (C=O) groups is 2. The summed E-state index contributed by atoms with van der Waals surface area (Å²) in [5.41, 5.74) is 1.83. The molecule has 1 amide bonds.